The van der Waals surface area contributed by atoms with Gasteiger partial charge < -0.3 is 0 Å². The van der Waals surface area contributed by atoms with Crippen molar-refractivity contribution in [2.45, 2.75) is 13.8 Å². The average molecular weight is 206 g/mol. The van der Waals surface area contributed by atoms with Crippen LogP contribution in [-0.4, -0.2) is 0 Å². The lowest BCUT2D eigenvalue weighted by atomic mass is 10.00. The lowest BCUT2D eigenvalue weighted by molar-refractivity contribution is 1.34. The molecule has 0 fully saturated rings. The van der Waals surface area contributed by atoms with E-state index >= 15 is 0 Å². The van der Waals surface area contributed by atoms with Gasteiger partial charge >= 0.3 is 0 Å². The lowest BCUT2D eigenvalue weighted by Gasteiger charge is -2.05. The van der Waals surface area contributed by atoms with Crippen LogP contribution in [0.1, 0.15) is 16.7 Å². The third-order valence-corrected chi connectivity index (χ3v) is 2.89. The molecule has 0 aromatic heterocycles. The topological polar surface area (TPSA) is 0 Å². The zero-order valence-electron chi connectivity index (χ0n) is 9.62. The first kappa shape index (κ1) is 10.5. The molecule has 0 spiro atoms. The summed E-state index contributed by atoms with van der Waals surface area (Å²) in [5.74, 6) is 2.63. The zero-order chi connectivity index (χ0) is 11.5. The van der Waals surface area contributed by atoms with Crippen molar-refractivity contribution in [2.24, 2.45) is 0 Å². The molecule has 0 N–H and O–H groups in total. The zero-order valence-corrected chi connectivity index (χ0v) is 9.62. The third-order valence-electron chi connectivity index (χ3n) is 2.89. The molecule has 0 amide bonds. The molecule has 0 heterocycles. The Labute approximate surface area is 96.9 Å². The first-order valence-electron chi connectivity index (χ1n) is 5.35. The summed E-state index contributed by atoms with van der Waals surface area (Å²) < 4.78 is 0. The van der Waals surface area contributed by atoms with Crippen molar-refractivity contribution in [3.8, 4) is 23.5 Å². The lowest BCUT2D eigenvalue weighted by Crippen LogP contribution is -1.83. The molecule has 2 rings (SSSR count). The number of benzene rings is 2. The Kier molecular flexibility index (Phi) is 2.79. The van der Waals surface area contributed by atoms with E-state index in [1.165, 1.54) is 22.3 Å². The van der Waals surface area contributed by atoms with E-state index in [2.05, 4.69) is 50.1 Å². The molecule has 0 atom stereocenters. The van der Waals surface area contributed by atoms with Crippen molar-refractivity contribution < 1.29 is 0 Å². The summed E-state index contributed by atoms with van der Waals surface area (Å²) >= 11 is 0. The molecular weight excluding hydrogens is 192 g/mol. The van der Waals surface area contributed by atoms with Crippen LogP contribution in [0.4, 0.5) is 0 Å². The minimum absolute atomic E-state index is 0.924. The minimum Gasteiger partial charge on any atom is -0.115 e. The van der Waals surface area contributed by atoms with Gasteiger partial charge in [-0.25, -0.2) is 0 Å². The molecule has 0 saturated heterocycles. The Morgan fingerprint density at radius 3 is 2.00 bits per heavy atom. The number of hydrogen-bond acceptors (Lipinski definition) is 0. The quantitative estimate of drug-likeness (QED) is 0.620. The largest absolute Gasteiger partial charge is 0.115 e. The highest BCUT2D eigenvalue weighted by Crippen LogP contribution is 2.22. The van der Waals surface area contributed by atoms with Gasteiger partial charge in [-0.15, -0.1) is 6.42 Å². The highest BCUT2D eigenvalue weighted by molar-refractivity contribution is 5.65. The first-order chi connectivity index (χ1) is 7.70. The molecule has 0 bridgehead atoms. The van der Waals surface area contributed by atoms with Gasteiger partial charge in [-0.1, -0.05) is 36.3 Å². The average Bonchev–Trinajstić information content (AvgIpc) is 2.33. The van der Waals surface area contributed by atoms with Gasteiger partial charge in [0.2, 0.25) is 0 Å². The molecule has 2 aromatic carbocycles. The molecular formula is C16H14. The molecule has 0 heteroatoms. The Hall–Kier alpha value is -2.00. The molecule has 16 heavy (non-hydrogen) atoms. The Morgan fingerprint density at radius 2 is 1.44 bits per heavy atom. The van der Waals surface area contributed by atoms with E-state index in [0.717, 1.165) is 5.56 Å². The van der Waals surface area contributed by atoms with Crippen molar-refractivity contribution in [3.05, 3.63) is 59.2 Å². The van der Waals surface area contributed by atoms with Gasteiger partial charge in [0, 0.05) is 5.56 Å². The highest BCUT2D eigenvalue weighted by atomic mass is 14.0. The third kappa shape index (κ3) is 1.99. The van der Waals surface area contributed by atoms with Crippen LogP contribution in [0.5, 0.6) is 0 Å². The Morgan fingerprint density at radius 1 is 0.812 bits per heavy atom. The van der Waals surface area contributed by atoms with Crippen LogP contribution in [0.3, 0.4) is 0 Å². The van der Waals surface area contributed by atoms with E-state index in [9.17, 15) is 0 Å². The fourth-order valence-electron chi connectivity index (χ4n) is 1.68. The van der Waals surface area contributed by atoms with Crippen LogP contribution in [0, 0.1) is 26.2 Å². The molecule has 78 valence electrons. The van der Waals surface area contributed by atoms with Gasteiger partial charge in [0.25, 0.3) is 0 Å². The van der Waals surface area contributed by atoms with E-state index in [4.69, 9.17) is 6.42 Å². The van der Waals surface area contributed by atoms with Crippen LogP contribution < -0.4 is 0 Å². The summed E-state index contributed by atoms with van der Waals surface area (Å²) in [4.78, 5) is 0. The molecule has 0 aliphatic carbocycles. The van der Waals surface area contributed by atoms with Gasteiger partial charge in [0.05, 0.1) is 0 Å². The minimum atomic E-state index is 0.924. The fraction of sp³-hybridized carbons (Fsp3) is 0.125. The molecule has 0 radical (unpaired) electrons. The van der Waals surface area contributed by atoms with Gasteiger partial charge in [-0.2, -0.15) is 0 Å². The summed E-state index contributed by atoms with van der Waals surface area (Å²) in [6.45, 7) is 4.26. The van der Waals surface area contributed by atoms with Crippen molar-refractivity contribution in [1.29, 1.82) is 0 Å². The summed E-state index contributed by atoms with van der Waals surface area (Å²) in [6, 6.07) is 14.6. The van der Waals surface area contributed by atoms with Gasteiger partial charge in [-0.3, -0.25) is 0 Å². The maximum Gasteiger partial charge on any atom is 0.0243 e. The first-order valence-corrected chi connectivity index (χ1v) is 5.35. The van der Waals surface area contributed by atoms with E-state index in [1.54, 1.807) is 0 Å². The Balaban J connectivity index is 2.43. The number of terminal acetylenes is 1. The van der Waals surface area contributed by atoms with Crippen molar-refractivity contribution in [2.75, 3.05) is 0 Å². The van der Waals surface area contributed by atoms with E-state index in [-0.39, 0.29) is 0 Å². The molecule has 0 aliphatic heterocycles. The van der Waals surface area contributed by atoms with Crippen molar-refractivity contribution in [3.63, 3.8) is 0 Å². The summed E-state index contributed by atoms with van der Waals surface area (Å²) in [5.41, 5.74) is 6.02. The SMILES string of the molecule is C#Cc1ccc(-c2ccc(C)c(C)c2)cc1. The van der Waals surface area contributed by atoms with Crippen LogP contribution in [-0.2, 0) is 0 Å². The number of hydrogen-bond donors (Lipinski definition) is 0. The maximum absolute atomic E-state index is 5.33. The molecule has 2 aromatic rings. The van der Waals surface area contributed by atoms with Gasteiger partial charge in [0.1, 0.15) is 0 Å². The Bertz CT molecular complexity index is 539. The monoisotopic (exact) mass is 206 g/mol. The predicted molar refractivity (Wildman–Crippen MR) is 69.3 cm³/mol. The smallest absolute Gasteiger partial charge is 0.0243 e. The summed E-state index contributed by atoms with van der Waals surface area (Å²) in [5, 5.41) is 0. The molecule has 0 aliphatic rings. The van der Waals surface area contributed by atoms with Crippen LogP contribution >= 0.6 is 0 Å². The van der Waals surface area contributed by atoms with E-state index in [1.807, 2.05) is 12.1 Å². The van der Waals surface area contributed by atoms with Gasteiger partial charge in [-0.05, 0) is 48.2 Å². The highest BCUT2D eigenvalue weighted by Gasteiger charge is 1.99. The number of rotatable bonds is 1. The normalized spacial score (nSPS) is 9.81. The standard InChI is InChI=1S/C16H14/c1-4-14-6-9-15(10-7-14)16-8-5-12(2)13(3)11-16/h1,5-11H,2-3H3. The molecule has 0 unspecified atom stereocenters. The van der Waals surface area contributed by atoms with Crippen molar-refractivity contribution in [1.82, 2.24) is 0 Å². The van der Waals surface area contributed by atoms with Crippen LogP contribution in [0.2, 0.25) is 0 Å². The van der Waals surface area contributed by atoms with E-state index < -0.39 is 0 Å². The fourth-order valence-corrected chi connectivity index (χ4v) is 1.68. The van der Waals surface area contributed by atoms with Gasteiger partial charge in [0.15, 0.2) is 0 Å². The predicted octanol–water partition coefficient (Wildman–Crippen LogP) is 3.95. The molecule has 0 nitrogen and oxygen atoms in total. The maximum atomic E-state index is 5.33. The summed E-state index contributed by atoms with van der Waals surface area (Å²) in [6.07, 6.45) is 5.33. The second kappa shape index (κ2) is 4.24. The van der Waals surface area contributed by atoms with E-state index in [0.29, 0.717) is 0 Å². The van der Waals surface area contributed by atoms with Crippen molar-refractivity contribution >= 4 is 0 Å². The second-order valence-corrected chi connectivity index (χ2v) is 4.02. The summed E-state index contributed by atoms with van der Waals surface area (Å²) in [7, 11) is 0. The van der Waals surface area contributed by atoms with Crippen LogP contribution in [0.25, 0.3) is 11.1 Å². The second-order valence-electron chi connectivity index (χ2n) is 4.02. The van der Waals surface area contributed by atoms with Crippen LogP contribution in [0.15, 0.2) is 42.5 Å². The number of aryl methyl sites for hydroxylation is 2. The molecule has 0 saturated carbocycles.